The molecule has 2 N–H and O–H groups in total. The van der Waals surface area contributed by atoms with Crippen molar-refractivity contribution in [3.8, 4) is 10.6 Å². The summed E-state index contributed by atoms with van der Waals surface area (Å²) >= 11 is 1.01. The third-order valence-electron chi connectivity index (χ3n) is 6.52. The Hall–Kier alpha value is -2.55. The van der Waals surface area contributed by atoms with Gasteiger partial charge in [-0.3, -0.25) is 9.78 Å². The molecule has 1 fully saturated rings. The predicted molar refractivity (Wildman–Crippen MR) is 118 cm³/mol. The van der Waals surface area contributed by atoms with Gasteiger partial charge in [-0.25, -0.2) is 13.8 Å². The minimum Gasteiger partial charge on any atom is -0.390 e. The monoisotopic (exact) mass is 458 g/mol. The maximum absolute atomic E-state index is 14.1. The molecule has 8 heteroatoms. The van der Waals surface area contributed by atoms with Crippen molar-refractivity contribution in [3.63, 3.8) is 0 Å². The van der Waals surface area contributed by atoms with Gasteiger partial charge in [-0.1, -0.05) is 13.0 Å². The van der Waals surface area contributed by atoms with E-state index >= 15 is 0 Å². The van der Waals surface area contributed by atoms with Crippen LogP contribution in [0, 0.1) is 17.6 Å². The number of hydrogen-bond donors (Lipinski definition) is 2. The summed E-state index contributed by atoms with van der Waals surface area (Å²) in [5.41, 5.74) is 0.372. The van der Waals surface area contributed by atoms with Crippen LogP contribution in [0.5, 0.6) is 0 Å². The Morgan fingerprint density at radius 1 is 1.25 bits per heavy atom. The molecule has 0 aliphatic heterocycles. The fourth-order valence-corrected chi connectivity index (χ4v) is 5.19. The van der Waals surface area contributed by atoms with Gasteiger partial charge in [0.05, 0.1) is 17.3 Å². The number of pyridine rings is 1. The number of benzene rings is 1. The minimum absolute atomic E-state index is 0.0236. The molecule has 168 valence electrons. The first-order valence-electron chi connectivity index (χ1n) is 10.4. The van der Waals surface area contributed by atoms with Gasteiger partial charge in [0.2, 0.25) is 0 Å². The van der Waals surface area contributed by atoms with Crippen molar-refractivity contribution in [2.75, 3.05) is 0 Å². The van der Waals surface area contributed by atoms with E-state index in [-0.39, 0.29) is 40.3 Å². The molecule has 32 heavy (non-hydrogen) atoms. The SMILES string of the molecule is C[C@H]1C[C@@H](c2ccncc2CC(=O)c2csc(-c3c(F)cccc3F)n2)C[C@@H](O)[C@]1(C)O. The molecule has 1 aliphatic carbocycles. The summed E-state index contributed by atoms with van der Waals surface area (Å²) in [6.45, 7) is 3.55. The van der Waals surface area contributed by atoms with E-state index in [2.05, 4.69) is 9.97 Å². The highest BCUT2D eigenvalue weighted by Gasteiger charge is 2.43. The van der Waals surface area contributed by atoms with Crippen LogP contribution in [0.2, 0.25) is 0 Å². The van der Waals surface area contributed by atoms with E-state index in [1.807, 2.05) is 13.0 Å². The molecule has 0 unspecified atom stereocenters. The molecule has 1 saturated carbocycles. The van der Waals surface area contributed by atoms with Crippen molar-refractivity contribution in [2.24, 2.45) is 5.92 Å². The quantitative estimate of drug-likeness (QED) is 0.549. The molecule has 0 amide bonds. The zero-order valence-electron chi connectivity index (χ0n) is 17.8. The lowest BCUT2D eigenvalue weighted by Crippen LogP contribution is -2.49. The van der Waals surface area contributed by atoms with Gasteiger partial charge in [-0.15, -0.1) is 11.3 Å². The number of aliphatic hydroxyl groups excluding tert-OH is 1. The number of Topliss-reactive ketones (excluding diaryl/α,β-unsaturated/α-hetero) is 1. The van der Waals surface area contributed by atoms with Crippen molar-refractivity contribution in [3.05, 3.63) is 70.5 Å². The molecule has 2 aromatic heterocycles. The smallest absolute Gasteiger partial charge is 0.186 e. The first-order chi connectivity index (χ1) is 15.2. The number of rotatable bonds is 5. The zero-order valence-corrected chi connectivity index (χ0v) is 18.6. The number of halogens is 2. The van der Waals surface area contributed by atoms with Crippen molar-refractivity contribution in [1.82, 2.24) is 9.97 Å². The number of aromatic nitrogens is 2. The maximum atomic E-state index is 14.1. The van der Waals surface area contributed by atoms with E-state index in [1.54, 1.807) is 19.3 Å². The lowest BCUT2D eigenvalue weighted by molar-refractivity contribution is -0.123. The summed E-state index contributed by atoms with van der Waals surface area (Å²) in [4.78, 5) is 21.3. The van der Waals surface area contributed by atoms with E-state index in [0.717, 1.165) is 34.6 Å². The Labute approximate surface area is 188 Å². The van der Waals surface area contributed by atoms with Crippen LogP contribution in [0.25, 0.3) is 10.6 Å². The predicted octanol–water partition coefficient (Wildman–Crippen LogP) is 4.53. The molecule has 5 nitrogen and oxygen atoms in total. The van der Waals surface area contributed by atoms with Crippen molar-refractivity contribution in [2.45, 2.75) is 50.7 Å². The topological polar surface area (TPSA) is 83.3 Å². The highest BCUT2D eigenvalue weighted by molar-refractivity contribution is 7.13. The standard InChI is InChI=1S/C24H24F2N2O3S/c1-13-8-14(10-21(30)24(13,2)31)16-6-7-27-11-15(16)9-20(29)19-12-32-23(28-19)22-17(25)4-3-5-18(22)26/h3-7,11-14,21,30-31H,8-10H2,1-2H3/t13-,14+,21+,24+/m0/s1. The number of ketones is 1. The molecule has 1 aromatic carbocycles. The van der Waals surface area contributed by atoms with Crippen LogP contribution >= 0.6 is 11.3 Å². The molecule has 1 aliphatic rings. The van der Waals surface area contributed by atoms with E-state index in [4.69, 9.17) is 0 Å². The second-order valence-corrected chi connectivity index (χ2v) is 9.48. The van der Waals surface area contributed by atoms with E-state index in [9.17, 15) is 23.8 Å². The van der Waals surface area contributed by atoms with Crippen molar-refractivity contribution >= 4 is 17.1 Å². The lowest BCUT2D eigenvalue weighted by Gasteiger charge is -2.43. The van der Waals surface area contributed by atoms with Crippen LogP contribution in [-0.2, 0) is 6.42 Å². The van der Waals surface area contributed by atoms with E-state index < -0.39 is 23.3 Å². The van der Waals surface area contributed by atoms with Gasteiger partial charge in [-0.2, -0.15) is 0 Å². The summed E-state index contributed by atoms with van der Waals surface area (Å²) < 4.78 is 28.1. The van der Waals surface area contributed by atoms with Gasteiger partial charge in [0.25, 0.3) is 0 Å². The fourth-order valence-electron chi connectivity index (χ4n) is 4.32. The third kappa shape index (κ3) is 4.22. The summed E-state index contributed by atoms with van der Waals surface area (Å²) in [7, 11) is 0. The first kappa shape index (κ1) is 22.6. The molecule has 2 heterocycles. The molecule has 0 bridgehead atoms. The molecule has 0 spiro atoms. The zero-order chi connectivity index (χ0) is 23.0. The number of carbonyl (C=O) groups excluding carboxylic acids is 1. The van der Waals surface area contributed by atoms with Crippen molar-refractivity contribution < 1.29 is 23.8 Å². The number of hydrogen-bond acceptors (Lipinski definition) is 6. The van der Waals surface area contributed by atoms with Crippen LogP contribution in [0.1, 0.15) is 54.2 Å². The summed E-state index contributed by atoms with van der Waals surface area (Å²) in [6, 6.07) is 5.43. The van der Waals surface area contributed by atoms with Crippen LogP contribution in [0.3, 0.4) is 0 Å². The fraction of sp³-hybridized carbons (Fsp3) is 0.375. The number of thiazole rings is 1. The summed E-state index contributed by atoms with van der Waals surface area (Å²) in [5, 5.41) is 22.6. The normalized spacial score (nSPS) is 25.6. The average molecular weight is 459 g/mol. The van der Waals surface area contributed by atoms with Gasteiger partial charge in [0.1, 0.15) is 22.3 Å². The van der Waals surface area contributed by atoms with Crippen LogP contribution in [0.15, 0.2) is 42.0 Å². The Kier molecular flexibility index (Phi) is 6.20. The number of carbonyl (C=O) groups is 1. The Balaban J connectivity index is 1.56. The van der Waals surface area contributed by atoms with Gasteiger partial charge in [-0.05, 0) is 60.9 Å². The Morgan fingerprint density at radius 2 is 1.97 bits per heavy atom. The second kappa shape index (κ2) is 8.77. The molecule has 4 rings (SSSR count). The van der Waals surface area contributed by atoms with Gasteiger partial charge in [0, 0.05) is 24.2 Å². The van der Waals surface area contributed by atoms with Gasteiger partial charge < -0.3 is 10.2 Å². The number of nitrogens with zero attached hydrogens (tertiary/aromatic N) is 2. The molecule has 4 atom stereocenters. The maximum Gasteiger partial charge on any atom is 0.186 e. The molecular formula is C24H24F2N2O3S. The summed E-state index contributed by atoms with van der Waals surface area (Å²) in [5.74, 6) is -1.88. The second-order valence-electron chi connectivity index (χ2n) is 8.62. The lowest BCUT2D eigenvalue weighted by atomic mass is 9.68. The highest BCUT2D eigenvalue weighted by Crippen LogP contribution is 2.42. The van der Waals surface area contributed by atoms with Gasteiger partial charge >= 0.3 is 0 Å². The number of aliphatic hydroxyl groups is 2. The third-order valence-corrected chi connectivity index (χ3v) is 7.38. The molecule has 0 saturated heterocycles. The van der Waals surface area contributed by atoms with Crippen LogP contribution < -0.4 is 0 Å². The van der Waals surface area contributed by atoms with Crippen LogP contribution in [0.4, 0.5) is 8.78 Å². The average Bonchev–Trinajstić information content (AvgIpc) is 3.22. The minimum atomic E-state index is -1.15. The Bertz CT molecular complexity index is 1110. The van der Waals surface area contributed by atoms with E-state index in [1.165, 1.54) is 11.4 Å². The molecular weight excluding hydrogens is 434 g/mol. The van der Waals surface area contributed by atoms with Crippen molar-refractivity contribution in [1.29, 1.82) is 0 Å². The largest absolute Gasteiger partial charge is 0.390 e. The van der Waals surface area contributed by atoms with Gasteiger partial charge in [0.15, 0.2) is 5.78 Å². The van der Waals surface area contributed by atoms with E-state index in [0.29, 0.717) is 12.8 Å². The highest BCUT2D eigenvalue weighted by atomic mass is 32.1. The molecule has 0 radical (unpaired) electrons. The summed E-state index contributed by atoms with van der Waals surface area (Å²) in [6.07, 6.45) is 3.49. The molecule has 3 aromatic rings. The first-order valence-corrected chi connectivity index (χ1v) is 11.3. The Morgan fingerprint density at radius 3 is 2.66 bits per heavy atom. The van der Waals surface area contributed by atoms with Crippen LogP contribution in [-0.4, -0.2) is 37.7 Å².